The first kappa shape index (κ1) is 14.6. The van der Waals surface area contributed by atoms with Crippen molar-refractivity contribution in [3.8, 4) is 0 Å². The van der Waals surface area contributed by atoms with Gasteiger partial charge >= 0.3 is 0 Å². The smallest absolute Gasteiger partial charge is 0.222 e. The second kappa shape index (κ2) is 5.46. The number of pyridine rings is 1. The largest absolute Gasteiger partial charge is 0.591 e. The molecule has 17 heavy (non-hydrogen) atoms. The summed E-state index contributed by atoms with van der Waals surface area (Å²) in [7, 11) is 0. The molecular weight excluding hydrogens is 307 g/mol. The molecule has 0 N–H and O–H groups in total. The number of hydrogen-bond donors (Lipinski definition) is 0. The Morgan fingerprint density at radius 1 is 1.53 bits per heavy atom. The van der Waals surface area contributed by atoms with Gasteiger partial charge in [-0.1, -0.05) is 4.40 Å². The molecule has 1 aromatic heterocycles. The zero-order valence-electron chi connectivity index (χ0n) is 10.1. The molecule has 0 saturated heterocycles. The summed E-state index contributed by atoms with van der Waals surface area (Å²) >= 11 is 1.81. The van der Waals surface area contributed by atoms with Crippen molar-refractivity contribution in [1.82, 2.24) is 4.98 Å². The summed E-state index contributed by atoms with van der Waals surface area (Å²) in [4.78, 5) is 3.58. The molecule has 94 valence electrons. The highest BCUT2D eigenvalue weighted by atomic mass is 79.9. The van der Waals surface area contributed by atoms with Crippen molar-refractivity contribution >= 4 is 33.0 Å². The Morgan fingerprint density at radius 2 is 2.12 bits per heavy atom. The van der Waals surface area contributed by atoms with E-state index >= 15 is 0 Å². The SMILES string of the molecule is C/C(=N/[S+]([O-])C(C)(C)C)c1cc(Br)cnc1F. The van der Waals surface area contributed by atoms with E-state index in [4.69, 9.17) is 0 Å². The van der Waals surface area contributed by atoms with Gasteiger partial charge in [0.25, 0.3) is 0 Å². The lowest BCUT2D eigenvalue weighted by Crippen LogP contribution is -2.26. The summed E-state index contributed by atoms with van der Waals surface area (Å²) in [6, 6.07) is 1.57. The van der Waals surface area contributed by atoms with Crippen molar-refractivity contribution in [3.05, 3.63) is 28.2 Å². The quantitative estimate of drug-likeness (QED) is 0.477. The molecule has 0 bridgehead atoms. The summed E-state index contributed by atoms with van der Waals surface area (Å²) in [5, 5.41) is 0. The van der Waals surface area contributed by atoms with Crippen LogP contribution in [0.25, 0.3) is 0 Å². The van der Waals surface area contributed by atoms with Gasteiger partial charge in [0.2, 0.25) is 5.95 Å². The third-order valence-electron chi connectivity index (χ3n) is 1.94. The van der Waals surface area contributed by atoms with E-state index in [2.05, 4.69) is 25.3 Å². The van der Waals surface area contributed by atoms with Crippen LogP contribution in [-0.4, -0.2) is 20.0 Å². The maximum absolute atomic E-state index is 13.5. The molecule has 1 heterocycles. The highest BCUT2D eigenvalue weighted by molar-refractivity contribution is 9.10. The zero-order chi connectivity index (χ0) is 13.2. The summed E-state index contributed by atoms with van der Waals surface area (Å²) in [5.74, 6) is -0.611. The Labute approximate surface area is 112 Å². The van der Waals surface area contributed by atoms with E-state index in [1.807, 2.05) is 20.8 Å². The van der Waals surface area contributed by atoms with Crippen molar-refractivity contribution in [1.29, 1.82) is 0 Å². The van der Waals surface area contributed by atoms with E-state index in [-0.39, 0.29) is 5.56 Å². The van der Waals surface area contributed by atoms with Gasteiger partial charge in [-0.05, 0) is 49.7 Å². The predicted octanol–water partition coefficient (Wildman–Crippen LogP) is 3.25. The van der Waals surface area contributed by atoms with Crippen LogP contribution in [0.3, 0.4) is 0 Å². The van der Waals surface area contributed by atoms with Crippen molar-refractivity contribution < 1.29 is 8.94 Å². The van der Waals surface area contributed by atoms with Crippen molar-refractivity contribution in [2.45, 2.75) is 32.4 Å². The second-order valence-electron chi connectivity index (χ2n) is 4.53. The maximum atomic E-state index is 13.5. The standard InChI is InChI=1S/C11H14BrFN2OS/c1-7(15-17(16)11(2,3)4)9-5-8(12)6-14-10(9)13/h5-6H,1-4H3/b15-7-. The van der Waals surface area contributed by atoms with Gasteiger partial charge in [-0.2, -0.15) is 4.39 Å². The Kier molecular flexibility index (Phi) is 4.69. The minimum atomic E-state index is -1.40. The van der Waals surface area contributed by atoms with Crippen LogP contribution < -0.4 is 0 Å². The van der Waals surface area contributed by atoms with Crippen LogP contribution in [0, 0.1) is 5.95 Å². The van der Waals surface area contributed by atoms with Gasteiger partial charge in [-0.25, -0.2) is 4.98 Å². The number of nitrogens with zero attached hydrogens (tertiary/aromatic N) is 2. The fourth-order valence-corrected chi connectivity index (χ4v) is 1.94. The Morgan fingerprint density at radius 3 is 2.65 bits per heavy atom. The van der Waals surface area contributed by atoms with Crippen molar-refractivity contribution in [2.75, 3.05) is 0 Å². The number of halogens is 2. The molecule has 0 aliphatic carbocycles. The molecule has 1 unspecified atom stereocenters. The van der Waals surface area contributed by atoms with E-state index in [9.17, 15) is 8.94 Å². The van der Waals surface area contributed by atoms with Crippen LogP contribution in [0.4, 0.5) is 4.39 Å². The maximum Gasteiger partial charge on any atom is 0.222 e. The van der Waals surface area contributed by atoms with Crippen LogP contribution >= 0.6 is 15.9 Å². The van der Waals surface area contributed by atoms with E-state index in [1.165, 1.54) is 6.20 Å². The molecule has 0 aliphatic heterocycles. The fourth-order valence-electron chi connectivity index (χ4n) is 0.987. The summed E-state index contributed by atoms with van der Waals surface area (Å²) in [6.45, 7) is 7.07. The molecule has 0 saturated carbocycles. The first-order valence-electron chi connectivity index (χ1n) is 5.00. The van der Waals surface area contributed by atoms with E-state index in [1.54, 1.807) is 13.0 Å². The van der Waals surface area contributed by atoms with Crippen LogP contribution in [-0.2, 0) is 11.4 Å². The molecule has 0 amide bonds. The fraction of sp³-hybridized carbons (Fsp3) is 0.455. The number of aromatic nitrogens is 1. The third kappa shape index (κ3) is 4.04. The van der Waals surface area contributed by atoms with E-state index < -0.39 is 22.1 Å². The monoisotopic (exact) mass is 320 g/mol. The van der Waals surface area contributed by atoms with E-state index in [0.29, 0.717) is 10.2 Å². The lowest BCUT2D eigenvalue weighted by Gasteiger charge is -2.18. The average Bonchev–Trinajstić information content (AvgIpc) is 2.20. The molecule has 0 aromatic carbocycles. The molecule has 1 rings (SSSR count). The Hall–Kier alpha value is -0.460. The van der Waals surface area contributed by atoms with Gasteiger partial charge in [0.1, 0.15) is 21.8 Å². The summed E-state index contributed by atoms with van der Waals surface area (Å²) < 4.78 is 29.5. The van der Waals surface area contributed by atoms with Gasteiger partial charge in [0.15, 0.2) is 0 Å². The average molecular weight is 321 g/mol. The van der Waals surface area contributed by atoms with Crippen LogP contribution in [0.2, 0.25) is 0 Å². The summed E-state index contributed by atoms with van der Waals surface area (Å²) in [6.07, 6.45) is 1.37. The predicted molar refractivity (Wildman–Crippen MR) is 72.0 cm³/mol. The topological polar surface area (TPSA) is 48.3 Å². The molecule has 0 fully saturated rings. The normalized spacial score (nSPS) is 14.9. The van der Waals surface area contributed by atoms with Crippen molar-refractivity contribution in [2.24, 2.45) is 4.40 Å². The van der Waals surface area contributed by atoms with Gasteiger partial charge in [0, 0.05) is 10.7 Å². The zero-order valence-corrected chi connectivity index (χ0v) is 12.5. The molecule has 1 aromatic rings. The van der Waals surface area contributed by atoms with Gasteiger partial charge in [0.05, 0.1) is 5.56 Å². The van der Waals surface area contributed by atoms with Gasteiger partial charge in [-0.15, -0.1) is 0 Å². The van der Waals surface area contributed by atoms with E-state index in [0.717, 1.165) is 0 Å². The van der Waals surface area contributed by atoms with Gasteiger partial charge in [-0.3, -0.25) is 0 Å². The molecule has 3 nitrogen and oxygen atoms in total. The molecule has 0 aliphatic rings. The second-order valence-corrected chi connectivity index (χ2v) is 7.35. The van der Waals surface area contributed by atoms with Crippen LogP contribution in [0.15, 0.2) is 21.1 Å². The lowest BCUT2D eigenvalue weighted by molar-refractivity contribution is 0.561. The molecule has 6 heteroatoms. The lowest BCUT2D eigenvalue weighted by atomic mass is 10.2. The highest BCUT2D eigenvalue weighted by Gasteiger charge is 2.27. The first-order chi connectivity index (χ1) is 7.71. The minimum Gasteiger partial charge on any atom is -0.591 e. The van der Waals surface area contributed by atoms with Crippen LogP contribution in [0.5, 0.6) is 0 Å². The van der Waals surface area contributed by atoms with Crippen LogP contribution in [0.1, 0.15) is 33.3 Å². The summed E-state index contributed by atoms with van der Waals surface area (Å²) in [5.41, 5.74) is 0.640. The van der Waals surface area contributed by atoms with Gasteiger partial charge < -0.3 is 4.55 Å². The Bertz CT molecular complexity index is 446. The highest BCUT2D eigenvalue weighted by Crippen LogP contribution is 2.20. The van der Waals surface area contributed by atoms with Crippen molar-refractivity contribution in [3.63, 3.8) is 0 Å². The molecule has 0 radical (unpaired) electrons. The molecule has 0 spiro atoms. The number of hydrogen-bond acceptors (Lipinski definition) is 3. The third-order valence-corrected chi connectivity index (χ3v) is 3.86. The minimum absolute atomic E-state index is 0.261. The Balaban J connectivity index is 3.08. The number of rotatable bonds is 2. The molecule has 1 atom stereocenters. The molecular formula is C11H14BrFN2OS. The first-order valence-corrected chi connectivity index (χ1v) is 6.90.